The lowest BCUT2D eigenvalue weighted by Gasteiger charge is -2.29. The van der Waals surface area contributed by atoms with Crippen LogP contribution in [0.1, 0.15) is 12.8 Å². The van der Waals surface area contributed by atoms with E-state index in [1.165, 1.54) is 6.07 Å². The molecule has 0 aliphatic carbocycles. The lowest BCUT2D eigenvalue weighted by Crippen LogP contribution is -2.39. The summed E-state index contributed by atoms with van der Waals surface area (Å²) in [6.07, 6.45) is 1.93. The van der Waals surface area contributed by atoms with E-state index in [1.807, 2.05) is 12.1 Å². The van der Waals surface area contributed by atoms with E-state index in [0.29, 0.717) is 11.3 Å². The van der Waals surface area contributed by atoms with Gasteiger partial charge in [-0.25, -0.2) is 4.39 Å². The summed E-state index contributed by atoms with van der Waals surface area (Å²) >= 11 is 3.26. The Kier molecular flexibility index (Phi) is 3.76. The average Bonchev–Trinajstić information content (AvgIpc) is 2.89. The van der Waals surface area contributed by atoms with Crippen LogP contribution in [0.4, 0.5) is 10.2 Å². The molecule has 0 atom stereocenters. The highest BCUT2D eigenvalue weighted by molar-refractivity contribution is 9.10. The van der Waals surface area contributed by atoms with Crippen molar-refractivity contribution in [3.8, 4) is 11.3 Å². The van der Waals surface area contributed by atoms with Gasteiger partial charge >= 0.3 is 0 Å². The Bertz CT molecular complexity index is 605. The van der Waals surface area contributed by atoms with Crippen LogP contribution in [0.2, 0.25) is 0 Å². The topological polar surface area (TPSA) is 57.9 Å². The molecule has 0 radical (unpaired) electrons. The van der Waals surface area contributed by atoms with Crippen molar-refractivity contribution in [2.75, 3.05) is 18.0 Å². The Balaban J connectivity index is 1.83. The smallest absolute Gasteiger partial charge is 0.150 e. The van der Waals surface area contributed by atoms with Crippen LogP contribution < -0.4 is 10.6 Å². The van der Waals surface area contributed by atoms with Crippen molar-refractivity contribution in [3.63, 3.8) is 0 Å². The third-order valence-corrected chi connectivity index (χ3v) is 4.14. The number of H-pyrrole nitrogens is 1. The maximum Gasteiger partial charge on any atom is 0.150 e. The van der Waals surface area contributed by atoms with E-state index in [0.717, 1.165) is 36.2 Å². The third-order valence-electron chi connectivity index (χ3n) is 3.65. The van der Waals surface area contributed by atoms with Crippen LogP contribution in [-0.2, 0) is 0 Å². The molecule has 3 N–H and O–H groups in total. The maximum absolute atomic E-state index is 13.9. The van der Waals surface area contributed by atoms with Gasteiger partial charge in [0.15, 0.2) is 5.82 Å². The molecule has 0 unspecified atom stereocenters. The van der Waals surface area contributed by atoms with Gasteiger partial charge in [-0.05, 0) is 31.0 Å². The number of piperidine rings is 1. The molecule has 0 spiro atoms. The summed E-state index contributed by atoms with van der Waals surface area (Å²) in [4.78, 5) is 2.18. The van der Waals surface area contributed by atoms with Crippen LogP contribution >= 0.6 is 15.9 Å². The highest BCUT2D eigenvalue weighted by Crippen LogP contribution is 2.27. The number of nitrogens with zero attached hydrogens (tertiary/aromatic N) is 2. The van der Waals surface area contributed by atoms with Crippen molar-refractivity contribution >= 4 is 21.7 Å². The van der Waals surface area contributed by atoms with Gasteiger partial charge in [0.25, 0.3) is 0 Å². The fourth-order valence-corrected chi connectivity index (χ4v) is 2.78. The minimum Gasteiger partial charge on any atom is -0.355 e. The van der Waals surface area contributed by atoms with Gasteiger partial charge < -0.3 is 10.6 Å². The Hall–Kier alpha value is -1.40. The summed E-state index contributed by atoms with van der Waals surface area (Å²) in [5.74, 6) is 0.587. The average molecular weight is 339 g/mol. The zero-order valence-electron chi connectivity index (χ0n) is 10.9. The second-order valence-corrected chi connectivity index (χ2v) is 6.00. The molecule has 1 saturated heterocycles. The van der Waals surface area contributed by atoms with Gasteiger partial charge in [-0.2, -0.15) is 5.10 Å². The highest BCUT2D eigenvalue weighted by Gasteiger charge is 2.19. The van der Waals surface area contributed by atoms with Crippen molar-refractivity contribution in [1.82, 2.24) is 10.2 Å². The minimum absolute atomic E-state index is 0.268. The molecule has 6 heteroatoms. The van der Waals surface area contributed by atoms with Crippen molar-refractivity contribution in [1.29, 1.82) is 0 Å². The van der Waals surface area contributed by atoms with Crippen LogP contribution in [0.3, 0.4) is 0 Å². The van der Waals surface area contributed by atoms with Gasteiger partial charge in [0, 0.05) is 35.2 Å². The van der Waals surface area contributed by atoms with Gasteiger partial charge in [-0.1, -0.05) is 15.9 Å². The second kappa shape index (κ2) is 5.54. The fraction of sp³-hybridized carbons (Fsp3) is 0.357. The number of benzene rings is 1. The van der Waals surface area contributed by atoms with Crippen molar-refractivity contribution in [2.45, 2.75) is 18.9 Å². The SMILES string of the molecule is NC1CCN(c2cc(-c3ccc(Br)cc3F)[nH]n2)CC1. The normalized spacial score (nSPS) is 16.6. The summed E-state index contributed by atoms with van der Waals surface area (Å²) in [6.45, 7) is 1.79. The van der Waals surface area contributed by atoms with E-state index in [9.17, 15) is 4.39 Å². The number of hydrogen-bond donors (Lipinski definition) is 2. The van der Waals surface area contributed by atoms with Crippen LogP contribution in [0.15, 0.2) is 28.7 Å². The van der Waals surface area contributed by atoms with E-state index in [2.05, 4.69) is 31.0 Å². The van der Waals surface area contributed by atoms with Crippen LogP contribution in [-0.4, -0.2) is 29.3 Å². The summed E-state index contributed by atoms with van der Waals surface area (Å²) < 4.78 is 14.7. The number of nitrogens with two attached hydrogens (primary N) is 1. The Morgan fingerprint density at radius 3 is 2.75 bits per heavy atom. The molecule has 1 aliphatic rings. The number of rotatable bonds is 2. The van der Waals surface area contributed by atoms with Crippen molar-refractivity contribution < 1.29 is 4.39 Å². The lowest BCUT2D eigenvalue weighted by atomic mass is 10.1. The van der Waals surface area contributed by atoms with E-state index in [4.69, 9.17) is 5.73 Å². The zero-order valence-corrected chi connectivity index (χ0v) is 12.5. The predicted molar refractivity (Wildman–Crippen MR) is 81.1 cm³/mol. The molecule has 3 rings (SSSR count). The number of hydrogen-bond acceptors (Lipinski definition) is 3. The summed E-state index contributed by atoms with van der Waals surface area (Å²) in [6, 6.07) is 7.19. The number of halogens is 2. The second-order valence-electron chi connectivity index (χ2n) is 5.09. The summed E-state index contributed by atoms with van der Waals surface area (Å²) in [5, 5.41) is 7.20. The number of anilines is 1. The molecule has 1 aromatic heterocycles. The van der Waals surface area contributed by atoms with Crippen LogP contribution in [0, 0.1) is 5.82 Å². The van der Waals surface area contributed by atoms with E-state index >= 15 is 0 Å². The highest BCUT2D eigenvalue weighted by atomic mass is 79.9. The molecule has 1 fully saturated rings. The van der Waals surface area contributed by atoms with E-state index < -0.39 is 0 Å². The molecule has 0 bridgehead atoms. The Morgan fingerprint density at radius 2 is 2.05 bits per heavy atom. The molecule has 20 heavy (non-hydrogen) atoms. The fourth-order valence-electron chi connectivity index (χ4n) is 2.45. The first kappa shape index (κ1) is 13.6. The first-order valence-corrected chi connectivity index (χ1v) is 7.44. The quantitative estimate of drug-likeness (QED) is 0.885. The van der Waals surface area contributed by atoms with E-state index in [1.54, 1.807) is 6.07 Å². The molecule has 2 aromatic rings. The van der Waals surface area contributed by atoms with E-state index in [-0.39, 0.29) is 11.9 Å². The van der Waals surface area contributed by atoms with Crippen LogP contribution in [0.5, 0.6) is 0 Å². The molecule has 106 valence electrons. The molecular formula is C14H16BrFN4. The van der Waals surface area contributed by atoms with Crippen LogP contribution in [0.25, 0.3) is 11.3 Å². The largest absolute Gasteiger partial charge is 0.355 e. The Morgan fingerprint density at radius 1 is 1.30 bits per heavy atom. The van der Waals surface area contributed by atoms with Gasteiger partial charge in [0.1, 0.15) is 5.82 Å². The molecule has 4 nitrogen and oxygen atoms in total. The molecule has 0 saturated carbocycles. The third kappa shape index (κ3) is 2.71. The molecule has 2 heterocycles. The predicted octanol–water partition coefficient (Wildman–Crippen LogP) is 2.91. The summed E-state index contributed by atoms with van der Waals surface area (Å²) in [5.41, 5.74) is 7.12. The molecule has 0 amide bonds. The number of aromatic nitrogens is 2. The zero-order chi connectivity index (χ0) is 14.1. The first-order chi connectivity index (χ1) is 9.63. The summed E-state index contributed by atoms with van der Waals surface area (Å²) in [7, 11) is 0. The Labute approximate surface area is 125 Å². The standard InChI is InChI=1S/C14H16BrFN4/c15-9-1-2-11(12(16)7-9)13-8-14(19-18-13)20-5-3-10(17)4-6-20/h1-2,7-8,10H,3-6,17H2,(H,18,19). The molecule has 1 aromatic carbocycles. The first-order valence-electron chi connectivity index (χ1n) is 6.65. The minimum atomic E-state index is -0.268. The van der Waals surface area contributed by atoms with Crippen molar-refractivity contribution in [3.05, 3.63) is 34.6 Å². The van der Waals surface area contributed by atoms with Gasteiger partial charge in [0.2, 0.25) is 0 Å². The monoisotopic (exact) mass is 338 g/mol. The van der Waals surface area contributed by atoms with Gasteiger partial charge in [-0.15, -0.1) is 0 Å². The number of nitrogens with one attached hydrogen (secondary N) is 1. The van der Waals surface area contributed by atoms with Crippen molar-refractivity contribution in [2.24, 2.45) is 5.73 Å². The maximum atomic E-state index is 13.9. The number of aromatic amines is 1. The lowest BCUT2D eigenvalue weighted by molar-refractivity contribution is 0.498. The molecular weight excluding hydrogens is 323 g/mol. The van der Waals surface area contributed by atoms with Gasteiger partial charge in [0.05, 0.1) is 5.69 Å². The molecule has 1 aliphatic heterocycles. The van der Waals surface area contributed by atoms with Gasteiger partial charge in [-0.3, -0.25) is 5.10 Å².